The highest BCUT2D eigenvalue weighted by atomic mass is 35.5. The smallest absolute Gasteiger partial charge is 0.168 e. The van der Waals surface area contributed by atoms with E-state index in [1.165, 1.54) is 10.9 Å². The van der Waals surface area contributed by atoms with Crippen LogP contribution in [0.3, 0.4) is 0 Å². The summed E-state index contributed by atoms with van der Waals surface area (Å²) in [4.78, 5) is 3.35. The Morgan fingerprint density at radius 2 is 1.90 bits per heavy atom. The van der Waals surface area contributed by atoms with Crippen LogP contribution in [0.15, 0.2) is 24.4 Å². The first-order chi connectivity index (χ1) is 9.76. The molecule has 4 heteroatoms. The summed E-state index contributed by atoms with van der Waals surface area (Å²) >= 11 is 6.13. The molecule has 1 spiro atoms. The van der Waals surface area contributed by atoms with Crippen LogP contribution in [0.5, 0.6) is 0 Å². The van der Waals surface area contributed by atoms with Gasteiger partial charge in [-0.2, -0.15) is 0 Å². The van der Waals surface area contributed by atoms with E-state index in [1.807, 2.05) is 6.07 Å². The van der Waals surface area contributed by atoms with Crippen LogP contribution in [-0.4, -0.2) is 24.0 Å². The molecule has 4 rings (SSSR count). The van der Waals surface area contributed by atoms with Crippen LogP contribution < -0.4 is 0 Å². The van der Waals surface area contributed by atoms with Crippen LogP contribution in [-0.2, 0) is 9.47 Å². The van der Waals surface area contributed by atoms with Crippen LogP contribution in [0.1, 0.15) is 37.2 Å². The van der Waals surface area contributed by atoms with Gasteiger partial charge < -0.3 is 14.5 Å². The summed E-state index contributed by atoms with van der Waals surface area (Å²) in [7, 11) is 0. The number of aromatic amines is 1. The largest absolute Gasteiger partial charge is 0.361 e. The molecular formula is C16H18ClNO2. The quantitative estimate of drug-likeness (QED) is 0.853. The maximum atomic E-state index is 6.13. The summed E-state index contributed by atoms with van der Waals surface area (Å²) in [6, 6.07) is 6.05. The number of nitrogens with one attached hydrogen (secondary N) is 1. The van der Waals surface area contributed by atoms with Gasteiger partial charge in [-0.25, -0.2) is 0 Å². The summed E-state index contributed by atoms with van der Waals surface area (Å²) in [5, 5.41) is 2.06. The van der Waals surface area contributed by atoms with E-state index in [2.05, 4.69) is 23.3 Å². The Labute approximate surface area is 123 Å². The summed E-state index contributed by atoms with van der Waals surface area (Å²) in [6.07, 6.45) is 6.34. The van der Waals surface area contributed by atoms with Crippen molar-refractivity contribution >= 4 is 22.5 Å². The highest BCUT2D eigenvalue weighted by Crippen LogP contribution is 2.44. The van der Waals surface area contributed by atoms with Crippen LogP contribution >= 0.6 is 11.6 Å². The summed E-state index contributed by atoms with van der Waals surface area (Å²) in [6.45, 7) is 1.49. The van der Waals surface area contributed by atoms with E-state index in [9.17, 15) is 0 Å². The van der Waals surface area contributed by atoms with Crippen molar-refractivity contribution in [2.24, 2.45) is 0 Å². The van der Waals surface area contributed by atoms with Crippen molar-refractivity contribution in [1.82, 2.24) is 4.98 Å². The third-order valence-corrected chi connectivity index (χ3v) is 4.91. The Hall–Kier alpha value is -1.03. The van der Waals surface area contributed by atoms with Crippen molar-refractivity contribution < 1.29 is 9.47 Å². The Bertz CT molecular complexity index is 620. The van der Waals surface area contributed by atoms with Gasteiger partial charge in [-0.15, -0.1) is 0 Å². The topological polar surface area (TPSA) is 34.2 Å². The molecule has 1 aromatic heterocycles. The van der Waals surface area contributed by atoms with E-state index in [-0.39, 0.29) is 5.79 Å². The second-order valence-corrected chi connectivity index (χ2v) is 6.25. The van der Waals surface area contributed by atoms with Crippen LogP contribution in [0.2, 0.25) is 5.02 Å². The van der Waals surface area contributed by atoms with Gasteiger partial charge in [0.25, 0.3) is 0 Å². The normalized spacial score (nSPS) is 22.9. The summed E-state index contributed by atoms with van der Waals surface area (Å²) in [5.41, 5.74) is 2.55. The Kier molecular flexibility index (Phi) is 3.02. The number of hydrogen-bond acceptors (Lipinski definition) is 2. The molecule has 106 valence electrons. The molecule has 0 amide bonds. The lowest BCUT2D eigenvalue weighted by Gasteiger charge is -2.35. The third kappa shape index (κ3) is 2.05. The van der Waals surface area contributed by atoms with Crippen molar-refractivity contribution in [1.29, 1.82) is 0 Å². The molecule has 2 aromatic rings. The van der Waals surface area contributed by atoms with Crippen molar-refractivity contribution in [3.8, 4) is 0 Å². The van der Waals surface area contributed by atoms with Gasteiger partial charge in [0.15, 0.2) is 5.79 Å². The second kappa shape index (κ2) is 4.76. The number of ether oxygens (including phenoxy) is 2. The van der Waals surface area contributed by atoms with Crippen LogP contribution in [0.25, 0.3) is 10.9 Å². The van der Waals surface area contributed by atoms with E-state index < -0.39 is 0 Å². The minimum atomic E-state index is -0.278. The Morgan fingerprint density at radius 1 is 1.15 bits per heavy atom. The third-order valence-electron chi connectivity index (χ3n) is 4.68. The molecule has 1 aliphatic heterocycles. The number of benzene rings is 1. The minimum Gasteiger partial charge on any atom is -0.361 e. The maximum absolute atomic E-state index is 6.13. The van der Waals surface area contributed by atoms with Gasteiger partial charge in [-0.1, -0.05) is 11.6 Å². The fourth-order valence-electron chi connectivity index (χ4n) is 3.61. The van der Waals surface area contributed by atoms with Crippen molar-refractivity contribution in [2.45, 2.75) is 37.4 Å². The summed E-state index contributed by atoms with van der Waals surface area (Å²) in [5.74, 6) is 0.293. The van der Waals surface area contributed by atoms with E-state index in [4.69, 9.17) is 21.1 Å². The fourth-order valence-corrected chi connectivity index (χ4v) is 3.78. The number of hydrogen-bond donors (Lipinski definition) is 1. The average Bonchev–Trinajstić information content (AvgIpc) is 3.07. The first-order valence-electron chi connectivity index (χ1n) is 7.30. The fraction of sp³-hybridized carbons (Fsp3) is 0.500. The molecule has 0 bridgehead atoms. The van der Waals surface area contributed by atoms with Crippen molar-refractivity contribution in [2.75, 3.05) is 13.2 Å². The molecule has 1 saturated carbocycles. The summed E-state index contributed by atoms with van der Waals surface area (Å²) < 4.78 is 11.6. The lowest BCUT2D eigenvalue weighted by molar-refractivity contribution is -0.178. The van der Waals surface area contributed by atoms with Crippen LogP contribution in [0.4, 0.5) is 0 Å². The van der Waals surface area contributed by atoms with E-state index in [0.29, 0.717) is 5.92 Å². The van der Waals surface area contributed by atoms with Gasteiger partial charge in [0.1, 0.15) is 0 Å². The first kappa shape index (κ1) is 12.7. The van der Waals surface area contributed by atoms with E-state index in [0.717, 1.165) is 49.4 Å². The molecule has 3 nitrogen and oxygen atoms in total. The lowest BCUT2D eigenvalue weighted by atomic mass is 9.81. The maximum Gasteiger partial charge on any atom is 0.168 e. The standard InChI is InChI=1S/C16H18ClNO2/c17-12-1-2-15-13(9-12)14(10-18-15)11-3-5-16(6-4-11)19-7-8-20-16/h1-2,9-11,18H,3-8H2. The average molecular weight is 292 g/mol. The molecule has 2 aliphatic rings. The van der Waals surface area contributed by atoms with E-state index >= 15 is 0 Å². The molecule has 1 saturated heterocycles. The second-order valence-electron chi connectivity index (χ2n) is 5.82. The number of halogens is 1. The van der Waals surface area contributed by atoms with Crippen molar-refractivity contribution in [3.63, 3.8) is 0 Å². The van der Waals surface area contributed by atoms with Gasteiger partial charge in [-0.3, -0.25) is 0 Å². The molecule has 0 atom stereocenters. The molecule has 20 heavy (non-hydrogen) atoms. The highest BCUT2D eigenvalue weighted by Gasteiger charge is 2.40. The first-order valence-corrected chi connectivity index (χ1v) is 7.68. The molecular weight excluding hydrogens is 274 g/mol. The minimum absolute atomic E-state index is 0.278. The van der Waals surface area contributed by atoms with Gasteiger partial charge in [0.2, 0.25) is 0 Å². The molecule has 0 radical (unpaired) electrons. The predicted molar refractivity (Wildman–Crippen MR) is 79.2 cm³/mol. The van der Waals surface area contributed by atoms with Gasteiger partial charge >= 0.3 is 0 Å². The number of H-pyrrole nitrogens is 1. The Balaban J connectivity index is 1.60. The molecule has 1 aliphatic carbocycles. The zero-order chi connectivity index (χ0) is 13.6. The number of fused-ring (bicyclic) bond motifs is 1. The predicted octanol–water partition coefficient (Wildman–Crippen LogP) is 4.22. The van der Waals surface area contributed by atoms with Gasteiger partial charge in [0.05, 0.1) is 13.2 Å². The zero-order valence-electron chi connectivity index (χ0n) is 11.3. The molecule has 2 heterocycles. The monoisotopic (exact) mass is 291 g/mol. The highest BCUT2D eigenvalue weighted by molar-refractivity contribution is 6.31. The molecule has 1 N–H and O–H groups in total. The molecule has 1 aromatic carbocycles. The number of aromatic nitrogens is 1. The van der Waals surface area contributed by atoms with Gasteiger partial charge in [0, 0.05) is 35.0 Å². The molecule has 0 unspecified atom stereocenters. The number of rotatable bonds is 1. The Morgan fingerprint density at radius 3 is 2.65 bits per heavy atom. The SMILES string of the molecule is Clc1ccc2[nH]cc(C3CCC4(CC3)OCCO4)c2c1. The van der Waals surface area contributed by atoms with Gasteiger partial charge in [-0.05, 0) is 42.5 Å². The molecule has 2 fully saturated rings. The zero-order valence-corrected chi connectivity index (χ0v) is 12.1. The van der Waals surface area contributed by atoms with Crippen molar-refractivity contribution in [3.05, 3.63) is 35.0 Å². The van der Waals surface area contributed by atoms with E-state index in [1.54, 1.807) is 0 Å². The van der Waals surface area contributed by atoms with Crippen LogP contribution in [0, 0.1) is 0 Å². The lowest BCUT2D eigenvalue weighted by Crippen LogP contribution is -2.34.